The van der Waals surface area contributed by atoms with Gasteiger partial charge >= 0.3 is 6.09 Å². The third-order valence-electron chi connectivity index (χ3n) is 3.77. The number of carbonyl (C=O) groups is 1. The molecule has 0 saturated carbocycles. The van der Waals surface area contributed by atoms with Gasteiger partial charge in [-0.05, 0) is 49.9 Å². The summed E-state index contributed by atoms with van der Waals surface area (Å²) in [7, 11) is 0. The largest absolute Gasteiger partial charge is 0.444 e. The standard InChI is InChI=1S/C17H25NO2/c1-4-5-6-7-8-16-12-18(17(19)20-16)15-10-13(2)9-14(3)11-15/h9-11,16H,4-8,12H2,1-3H3. The number of benzene rings is 1. The van der Waals surface area contributed by atoms with Crippen LogP contribution in [0.25, 0.3) is 0 Å². The molecule has 0 aliphatic carbocycles. The van der Waals surface area contributed by atoms with E-state index in [2.05, 4.69) is 26.8 Å². The van der Waals surface area contributed by atoms with E-state index in [1.165, 1.54) is 30.4 Å². The number of nitrogens with zero attached hydrogens (tertiary/aromatic N) is 1. The van der Waals surface area contributed by atoms with Gasteiger partial charge in [-0.3, -0.25) is 4.90 Å². The van der Waals surface area contributed by atoms with Crippen LogP contribution in [-0.4, -0.2) is 18.7 Å². The highest BCUT2D eigenvalue weighted by Gasteiger charge is 2.31. The molecule has 1 aliphatic heterocycles. The van der Waals surface area contributed by atoms with Crippen molar-refractivity contribution in [3.8, 4) is 0 Å². The molecular formula is C17H25NO2. The van der Waals surface area contributed by atoms with E-state index in [1.54, 1.807) is 4.90 Å². The molecule has 0 N–H and O–H groups in total. The predicted molar refractivity (Wildman–Crippen MR) is 82.3 cm³/mol. The van der Waals surface area contributed by atoms with Crippen molar-refractivity contribution in [3.63, 3.8) is 0 Å². The number of cyclic esters (lactones) is 1. The van der Waals surface area contributed by atoms with Crippen molar-refractivity contribution in [3.05, 3.63) is 29.3 Å². The van der Waals surface area contributed by atoms with Gasteiger partial charge in [0.1, 0.15) is 6.10 Å². The van der Waals surface area contributed by atoms with Gasteiger partial charge in [0.2, 0.25) is 0 Å². The lowest BCUT2D eigenvalue weighted by Crippen LogP contribution is -2.24. The highest BCUT2D eigenvalue weighted by atomic mass is 16.6. The first kappa shape index (κ1) is 14.9. The second kappa shape index (κ2) is 6.78. The maximum absolute atomic E-state index is 12.0. The van der Waals surface area contributed by atoms with Gasteiger partial charge in [-0.25, -0.2) is 4.79 Å². The highest BCUT2D eigenvalue weighted by Crippen LogP contribution is 2.26. The molecule has 1 aromatic carbocycles. The van der Waals surface area contributed by atoms with Crippen molar-refractivity contribution in [2.24, 2.45) is 0 Å². The molecule has 1 amide bonds. The minimum absolute atomic E-state index is 0.0557. The molecule has 3 heteroatoms. The van der Waals surface area contributed by atoms with E-state index in [1.807, 2.05) is 12.1 Å². The number of hydrogen-bond acceptors (Lipinski definition) is 2. The van der Waals surface area contributed by atoms with Gasteiger partial charge in [-0.1, -0.05) is 32.3 Å². The zero-order valence-electron chi connectivity index (χ0n) is 12.8. The van der Waals surface area contributed by atoms with Gasteiger partial charge in [-0.2, -0.15) is 0 Å². The maximum Gasteiger partial charge on any atom is 0.414 e. The minimum Gasteiger partial charge on any atom is -0.444 e. The predicted octanol–water partition coefficient (Wildman–Crippen LogP) is 4.60. The van der Waals surface area contributed by atoms with E-state index >= 15 is 0 Å². The van der Waals surface area contributed by atoms with Crippen LogP contribution in [0.5, 0.6) is 0 Å². The summed E-state index contributed by atoms with van der Waals surface area (Å²) in [6.45, 7) is 7.01. The first-order chi connectivity index (χ1) is 9.60. The molecule has 1 saturated heterocycles. The molecule has 1 aliphatic rings. The van der Waals surface area contributed by atoms with Gasteiger partial charge in [0.25, 0.3) is 0 Å². The van der Waals surface area contributed by atoms with Crippen molar-refractivity contribution >= 4 is 11.8 Å². The minimum atomic E-state index is -0.199. The van der Waals surface area contributed by atoms with Crippen LogP contribution in [0.1, 0.15) is 50.2 Å². The zero-order valence-corrected chi connectivity index (χ0v) is 12.8. The lowest BCUT2D eigenvalue weighted by molar-refractivity contribution is 0.135. The molecule has 0 radical (unpaired) electrons. The third kappa shape index (κ3) is 3.75. The molecule has 0 bridgehead atoms. The number of amides is 1. The summed E-state index contributed by atoms with van der Waals surface area (Å²) in [4.78, 5) is 13.8. The third-order valence-corrected chi connectivity index (χ3v) is 3.77. The molecular weight excluding hydrogens is 250 g/mol. The van der Waals surface area contributed by atoms with Gasteiger partial charge in [-0.15, -0.1) is 0 Å². The molecule has 3 nitrogen and oxygen atoms in total. The summed E-state index contributed by atoms with van der Waals surface area (Å²) in [5.41, 5.74) is 3.32. The van der Waals surface area contributed by atoms with Crippen molar-refractivity contribution in [1.29, 1.82) is 0 Å². The molecule has 1 fully saturated rings. The Morgan fingerprint density at radius 2 is 1.85 bits per heavy atom. The fourth-order valence-electron chi connectivity index (χ4n) is 2.79. The Bertz CT molecular complexity index is 450. The summed E-state index contributed by atoms with van der Waals surface area (Å²) in [5, 5.41) is 0. The van der Waals surface area contributed by atoms with Crippen LogP contribution in [0, 0.1) is 13.8 Å². The summed E-state index contributed by atoms with van der Waals surface area (Å²) in [6.07, 6.45) is 5.71. The lowest BCUT2D eigenvalue weighted by atomic mass is 10.1. The molecule has 1 unspecified atom stereocenters. The van der Waals surface area contributed by atoms with E-state index < -0.39 is 0 Å². The van der Waals surface area contributed by atoms with Crippen molar-refractivity contribution < 1.29 is 9.53 Å². The Morgan fingerprint density at radius 1 is 1.15 bits per heavy atom. The van der Waals surface area contributed by atoms with Crippen LogP contribution in [-0.2, 0) is 4.74 Å². The number of aryl methyl sites for hydroxylation is 2. The lowest BCUT2D eigenvalue weighted by Gasteiger charge is -2.14. The molecule has 0 spiro atoms. The van der Waals surface area contributed by atoms with Crippen molar-refractivity contribution in [1.82, 2.24) is 0 Å². The van der Waals surface area contributed by atoms with E-state index in [4.69, 9.17) is 4.74 Å². The SMILES string of the molecule is CCCCCCC1CN(c2cc(C)cc(C)c2)C(=O)O1. The normalized spacial score (nSPS) is 18.4. The summed E-state index contributed by atoms with van der Waals surface area (Å²) >= 11 is 0. The van der Waals surface area contributed by atoms with E-state index in [9.17, 15) is 4.79 Å². The summed E-state index contributed by atoms with van der Waals surface area (Å²) in [6, 6.07) is 6.22. The average molecular weight is 275 g/mol. The molecule has 1 heterocycles. The topological polar surface area (TPSA) is 29.5 Å². The quantitative estimate of drug-likeness (QED) is 0.710. The summed E-state index contributed by atoms with van der Waals surface area (Å²) < 4.78 is 5.48. The summed E-state index contributed by atoms with van der Waals surface area (Å²) in [5.74, 6) is 0. The Hall–Kier alpha value is -1.51. The van der Waals surface area contributed by atoms with E-state index in [0.717, 1.165) is 18.5 Å². The van der Waals surface area contributed by atoms with Gasteiger partial charge in [0, 0.05) is 5.69 Å². The van der Waals surface area contributed by atoms with Crippen LogP contribution in [0.4, 0.5) is 10.5 Å². The van der Waals surface area contributed by atoms with Crippen molar-refractivity contribution in [2.75, 3.05) is 11.4 Å². The molecule has 1 atom stereocenters. The number of carbonyl (C=O) groups excluding carboxylic acids is 1. The fraction of sp³-hybridized carbons (Fsp3) is 0.588. The van der Waals surface area contributed by atoms with Crippen LogP contribution in [0.2, 0.25) is 0 Å². The second-order valence-corrected chi connectivity index (χ2v) is 5.81. The van der Waals surface area contributed by atoms with Crippen LogP contribution < -0.4 is 4.90 Å². The number of unbranched alkanes of at least 4 members (excludes halogenated alkanes) is 3. The highest BCUT2D eigenvalue weighted by molar-refractivity contribution is 5.89. The number of hydrogen-bond donors (Lipinski definition) is 0. The van der Waals surface area contributed by atoms with Gasteiger partial charge < -0.3 is 4.74 Å². The smallest absolute Gasteiger partial charge is 0.414 e. The molecule has 110 valence electrons. The van der Waals surface area contributed by atoms with Gasteiger partial charge in [0.05, 0.1) is 6.54 Å². The zero-order chi connectivity index (χ0) is 14.5. The van der Waals surface area contributed by atoms with Crippen LogP contribution in [0.3, 0.4) is 0 Å². The fourth-order valence-corrected chi connectivity index (χ4v) is 2.79. The number of ether oxygens (including phenoxy) is 1. The number of anilines is 1. The Balaban J connectivity index is 1.95. The molecule has 0 aromatic heterocycles. The van der Waals surface area contributed by atoms with Gasteiger partial charge in [0.15, 0.2) is 0 Å². The molecule has 20 heavy (non-hydrogen) atoms. The first-order valence-corrected chi connectivity index (χ1v) is 7.66. The van der Waals surface area contributed by atoms with Crippen LogP contribution >= 0.6 is 0 Å². The van der Waals surface area contributed by atoms with Crippen molar-refractivity contribution in [2.45, 2.75) is 59.0 Å². The van der Waals surface area contributed by atoms with E-state index in [0.29, 0.717) is 6.54 Å². The Kier molecular flexibility index (Phi) is 5.05. The second-order valence-electron chi connectivity index (χ2n) is 5.81. The average Bonchev–Trinajstić information content (AvgIpc) is 2.75. The molecule has 1 aromatic rings. The Labute approximate surface area is 121 Å². The Morgan fingerprint density at radius 3 is 2.50 bits per heavy atom. The van der Waals surface area contributed by atoms with E-state index in [-0.39, 0.29) is 12.2 Å². The maximum atomic E-state index is 12.0. The number of rotatable bonds is 6. The first-order valence-electron chi connectivity index (χ1n) is 7.66. The van der Waals surface area contributed by atoms with Crippen LogP contribution in [0.15, 0.2) is 18.2 Å². The molecule has 2 rings (SSSR count). The monoisotopic (exact) mass is 275 g/mol.